The molecule has 0 saturated carbocycles. The normalized spacial score (nSPS) is 10.3. The third-order valence-electron chi connectivity index (χ3n) is 2.08. The number of nitrogens with zero attached hydrogens (tertiary/aromatic N) is 1. The second-order valence-corrected chi connectivity index (χ2v) is 4.51. The van der Waals surface area contributed by atoms with E-state index in [4.69, 9.17) is 5.11 Å². The molecule has 1 N–H and O–H groups in total. The molecule has 0 saturated heterocycles. The van der Waals surface area contributed by atoms with Crippen LogP contribution in [0.15, 0.2) is 46.3 Å². The third-order valence-corrected chi connectivity index (χ3v) is 3.06. The predicted molar refractivity (Wildman–Crippen MR) is 61.7 cm³/mol. The molecule has 0 radical (unpaired) electrons. The first-order valence-corrected chi connectivity index (χ1v) is 5.70. The molecule has 0 aliphatic carbocycles. The molecule has 0 atom stereocenters. The zero-order valence-corrected chi connectivity index (χ0v) is 9.75. The highest BCUT2D eigenvalue weighted by Crippen LogP contribution is 2.28. The lowest BCUT2D eigenvalue weighted by atomic mass is 10.3. The predicted octanol–water partition coefficient (Wildman–Crippen LogP) is 3.21. The molecule has 1 aromatic heterocycles. The van der Waals surface area contributed by atoms with Gasteiger partial charge in [0.25, 0.3) is 0 Å². The van der Waals surface area contributed by atoms with Crippen LogP contribution in [0.25, 0.3) is 0 Å². The zero-order valence-electron chi connectivity index (χ0n) is 8.93. The number of hydrogen-bond donors (Lipinski definition) is 1. The number of pyridine rings is 1. The second kappa shape index (κ2) is 5.14. The summed E-state index contributed by atoms with van der Waals surface area (Å²) in [7, 11) is 0. The molecule has 0 spiro atoms. The highest BCUT2D eigenvalue weighted by atomic mass is 32.2. The van der Waals surface area contributed by atoms with Crippen LogP contribution in [-0.2, 0) is 0 Å². The average Bonchev–Trinajstić information content (AvgIpc) is 2.34. The van der Waals surface area contributed by atoms with Crippen molar-refractivity contribution in [2.75, 3.05) is 0 Å². The van der Waals surface area contributed by atoms with Gasteiger partial charge in [0.15, 0.2) is 11.6 Å². The number of rotatable bonds is 3. The van der Waals surface area contributed by atoms with Gasteiger partial charge >= 0.3 is 5.97 Å². The van der Waals surface area contributed by atoms with Gasteiger partial charge in [-0.3, -0.25) is 0 Å². The molecular formula is C12H7F2NO2S. The minimum absolute atomic E-state index is 0.0948. The van der Waals surface area contributed by atoms with E-state index in [9.17, 15) is 13.6 Å². The van der Waals surface area contributed by atoms with E-state index in [-0.39, 0.29) is 5.69 Å². The van der Waals surface area contributed by atoms with Gasteiger partial charge in [-0.25, -0.2) is 18.6 Å². The number of hydrogen-bond acceptors (Lipinski definition) is 3. The first kappa shape index (κ1) is 12.5. The van der Waals surface area contributed by atoms with E-state index in [1.165, 1.54) is 18.3 Å². The summed E-state index contributed by atoms with van der Waals surface area (Å²) in [5, 5.41) is 8.77. The van der Waals surface area contributed by atoms with Crippen LogP contribution in [-0.4, -0.2) is 16.1 Å². The first-order chi connectivity index (χ1) is 8.56. The maximum Gasteiger partial charge on any atom is 0.354 e. The Labute approximate surface area is 105 Å². The van der Waals surface area contributed by atoms with Crippen molar-refractivity contribution in [1.82, 2.24) is 4.98 Å². The Morgan fingerprint density at radius 2 is 1.83 bits per heavy atom. The van der Waals surface area contributed by atoms with Crippen LogP contribution < -0.4 is 0 Å². The Morgan fingerprint density at radius 3 is 2.50 bits per heavy atom. The Kier molecular flexibility index (Phi) is 3.57. The number of carboxylic acids is 1. The van der Waals surface area contributed by atoms with Crippen molar-refractivity contribution in [3.63, 3.8) is 0 Å². The Morgan fingerprint density at radius 1 is 1.11 bits per heavy atom. The molecule has 6 heteroatoms. The van der Waals surface area contributed by atoms with Gasteiger partial charge in [-0.2, -0.15) is 0 Å². The molecule has 0 unspecified atom stereocenters. The van der Waals surface area contributed by atoms with Gasteiger partial charge in [0.05, 0.1) is 0 Å². The smallest absolute Gasteiger partial charge is 0.354 e. The summed E-state index contributed by atoms with van der Waals surface area (Å²) < 4.78 is 25.7. The van der Waals surface area contributed by atoms with Crippen molar-refractivity contribution in [1.29, 1.82) is 0 Å². The molecule has 0 bridgehead atoms. The summed E-state index contributed by atoms with van der Waals surface area (Å²) >= 11 is 1.13. The van der Waals surface area contributed by atoms with Gasteiger partial charge in [0, 0.05) is 16.0 Å². The highest BCUT2D eigenvalue weighted by molar-refractivity contribution is 7.99. The fourth-order valence-electron chi connectivity index (χ4n) is 1.27. The van der Waals surface area contributed by atoms with Gasteiger partial charge in [0.1, 0.15) is 5.69 Å². The molecule has 92 valence electrons. The van der Waals surface area contributed by atoms with Crippen molar-refractivity contribution in [2.24, 2.45) is 0 Å². The lowest BCUT2D eigenvalue weighted by Crippen LogP contribution is -1.99. The minimum Gasteiger partial charge on any atom is -0.477 e. The average molecular weight is 267 g/mol. The van der Waals surface area contributed by atoms with E-state index >= 15 is 0 Å². The lowest BCUT2D eigenvalue weighted by molar-refractivity contribution is 0.0690. The summed E-state index contributed by atoms with van der Waals surface area (Å²) in [6.45, 7) is 0. The number of carboxylic acid groups (broad SMARTS) is 1. The summed E-state index contributed by atoms with van der Waals surface area (Å²) in [5.41, 5.74) is -0.0948. The van der Waals surface area contributed by atoms with Crippen LogP contribution in [0.3, 0.4) is 0 Å². The lowest BCUT2D eigenvalue weighted by Gasteiger charge is -2.03. The molecule has 18 heavy (non-hydrogen) atoms. The summed E-state index contributed by atoms with van der Waals surface area (Å²) in [6, 6.07) is 6.47. The van der Waals surface area contributed by atoms with E-state index in [0.29, 0.717) is 9.79 Å². The molecule has 0 amide bonds. The van der Waals surface area contributed by atoms with Gasteiger partial charge in [-0.15, -0.1) is 0 Å². The number of carbonyl (C=O) groups is 1. The standard InChI is InChI=1S/C12H7F2NO2S/c13-9-2-1-7(5-10(9)14)18-8-3-4-15-11(6-8)12(16)17/h1-6H,(H,16,17). The monoisotopic (exact) mass is 267 g/mol. The number of halogens is 2. The van der Waals surface area contributed by atoms with E-state index in [1.54, 1.807) is 6.07 Å². The molecule has 3 nitrogen and oxygen atoms in total. The van der Waals surface area contributed by atoms with Crippen molar-refractivity contribution >= 4 is 17.7 Å². The third kappa shape index (κ3) is 2.84. The quantitative estimate of drug-likeness (QED) is 0.927. The molecule has 1 aromatic carbocycles. The molecule has 2 aromatic rings. The minimum atomic E-state index is -1.14. The van der Waals surface area contributed by atoms with Gasteiger partial charge in [0.2, 0.25) is 0 Å². The molecule has 0 aliphatic heterocycles. The fraction of sp³-hybridized carbons (Fsp3) is 0. The van der Waals surface area contributed by atoms with Crippen molar-refractivity contribution in [2.45, 2.75) is 9.79 Å². The molecule has 2 rings (SSSR count). The SMILES string of the molecule is O=C(O)c1cc(Sc2ccc(F)c(F)c2)ccn1. The van der Waals surface area contributed by atoms with Crippen LogP contribution in [0, 0.1) is 11.6 Å². The molecule has 0 fully saturated rings. The maximum absolute atomic E-state index is 13.0. The van der Waals surface area contributed by atoms with Crippen molar-refractivity contribution in [3.8, 4) is 0 Å². The van der Waals surface area contributed by atoms with Gasteiger partial charge in [-0.1, -0.05) is 11.8 Å². The molecule has 1 heterocycles. The number of benzene rings is 1. The molecular weight excluding hydrogens is 260 g/mol. The van der Waals surface area contributed by atoms with Crippen LogP contribution in [0.1, 0.15) is 10.5 Å². The second-order valence-electron chi connectivity index (χ2n) is 3.36. The topological polar surface area (TPSA) is 50.2 Å². The Hall–Kier alpha value is -1.95. The summed E-state index contributed by atoms with van der Waals surface area (Å²) in [5.74, 6) is -2.99. The Bertz CT molecular complexity index is 604. The van der Waals surface area contributed by atoms with Crippen LogP contribution in [0.5, 0.6) is 0 Å². The van der Waals surface area contributed by atoms with Crippen LogP contribution in [0.4, 0.5) is 8.78 Å². The van der Waals surface area contributed by atoms with Crippen LogP contribution in [0.2, 0.25) is 0 Å². The number of aromatic carboxylic acids is 1. The Balaban J connectivity index is 2.25. The van der Waals surface area contributed by atoms with Crippen molar-refractivity contribution in [3.05, 3.63) is 53.9 Å². The summed E-state index contributed by atoms with van der Waals surface area (Å²) in [6.07, 6.45) is 1.35. The highest BCUT2D eigenvalue weighted by Gasteiger charge is 2.07. The number of aromatic nitrogens is 1. The first-order valence-electron chi connectivity index (χ1n) is 4.88. The van der Waals surface area contributed by atoms with Crippen LogP contribution >= 0.6 is 11.8 Å². The van der Waals surface area contributed by atoms with Crippen molar-refractivity contribution < 1.29 is 18.7 Å². The fourth-order valence-corrected chi connectivity index (χ4v) is 2.14. The largest absolute Gasteiger partial charge is 0.477 e. The van der Waals surface area contributed by atoms with E-state index in [2.05, 4.69) is 4.98 Å². The van der Waals surface area contributed by atoms with Gasteiger partial charge in [-0.05, 0) is 30.3 Å². The summed E-state index contributed by atoms with van der Waals surface area (Å²) in [4.78, 5) is 15.5. The van der Waals surface area contributed by atoms with Gasteiger partial charge < -0.3 is 5.11 Å². The van der Waals surface area contributed by atoms with E-state index < -0.39 is 17.6 Å². The van der Waals surface area contributed by atoms with E-state index in [1.807, 2.05) is 0 Å². The maximum atomic E-state index is 13.0. The molecule has 0 aliphatic rings. The van der Waals surface area contributed by atoms with E-state index in [0.717, 1.165) is 23.9 Å². The zero-order chi connectivity index (χ0) is 13.1.